The smallest absolute Gasteiger partial charge is 0.213 e. The van der Waals surface area contributed by atoms with Gasteiger partial charge in [0.25, 0.3) is 0 Å². The fourth-order valence-electron chi connectivity index (χ4n) is 3.77. The van der Waals surface area contributed by atoms with Gasteiger partial charge in [0.1, 0.15) is 11.5 Å². The van der Waals surface area contributed by atoms with Crippen LogP contribution in [0.1, 0.15) is 50.8 Å². The third-order valence-electron chi connectivity index (χ3n) is 5.70. The average Bonchev–Trinajstić information content (AvgIpc) is 3.24. The van der Waals surface area contributed by atoms with Crippen molar-refractivity contribution in [1.29, 1.82) is 0 Å². The van der Waals surface area contributed by atoms with Crippen LogP contribution in [0.15, 0.2) is 33.8 Å². The van der Waals surface area contributed by atoms with E-state index in [1.54, 1.807) is 20.4 Å². The molecule has 2 aromatic rings. The highest BCUT2D eigenvalue weighted by molar-refractivity contribution is 6.30. The summed E-state index contributed by atoms with van der Waals surface area (Å²) in [6.45, 7) is 8.80. The second-order valence-electron chi connectivity index (χ2n) is 8.88. The lowest BCUT2D eigenvalue weighted by Gasteiger charge is -2.39. The van der Waals surface area contributed by atoms with Crippen molar-refractivity contribution < 1.29 is 13.9 Å². The highest BCUT2D eigenvalue weighted by Gasteiger charge is 2.37. The number of guanidine groups is 1. The summed E-state index contributed by atoms with van der Waals surface area (Å²) < 4.78 is 17.2. The van der Waals surface area contributed by atoms with Gasteiger partial charge in [-0.05, 0) is 31.0 Å². The molecule has 1 aromatic carbocycles. The van der Waals surface area contributed by atoms with Gasteiger partial charge in [0.15, 0.2) is 5.96 Å². The molecule has 0 bridgehead atoms. The zero-order valence-electron chi connectivity index (χ0n) is 19.0. The van der Waals surface area contributed by atoms with Crippen LogP contribution in [0.2, 0.25) is 5.02 Å². The normalized spacial score (nSPS) is 16.8. The van der Waals surface area contributed by atoms with Gasteiger partial charge in [0.2, 0.25) is 5.89 Å². The Morgan fingerprint density at radius 3 is 2.61 bits per heavy atom. The maximum absolute atomic E-state index is 6.34. The molecule has 1 aliphatic rings. The number of nitrogens with one attached hydrogen (secondary N) is 2. The lowest BCUT2D eigenvalue weighted by molar-refractivity contribution is 0.0505. The number of ether oxygens (including phenoxy) is 2. The van der Waals surface area contributed by atoms with Crippen molar-refractivity contribution in [1.82, 2.24) is 15.6 Å². The first-order chi connectivity index (χ1) is 14.8. The Morgan fingerprint density at radius 1 is 1.26 bits per heavy atom. The van der Waals surface area contributed by atoms with Gasteiger partial charge >= 0.3 is 0 Å². The molecule has 0 atom stereocenters. The van der Waals surface area contributed by atoms with Gasteiger partial charge in [-0.3, -0.25) is 4.99 Å². The minimum absolute atomic E-state index is 0.0728. The van der Waals surface area contributed by atoms with Crippen molar-refractivity contribution in [2.45, 2.75) is 51.0 Å². The zero-order valence-corrected chi connectivity index (χ0v) is 19.8. The molecule has 31 heavy (non-hydrogen) atoms. The number of nitrogens with zero attached hydrogens (tertiary/aromatic N) is 2. The molecule has 2 N–H and O–H groups in total. The van der Waals surface area contributed by atoms with Gasteiger partial charge in [-0.25, -0.2) is 4.98 Å². The Balaban J connectivity index is 1.71. The van der Waals surface area contributed by atoms with E-state index in [-0.39, 0.29) is 10.8 Å². The van der Waals surface area contributed by atoms with Crippen molar-refractivity contribution >= 4 is 17.6 Å². The molecule has 1 saturated heterocycles. The van der Waals surface area contributed by atoms with Crippen molar-refractivity contribution in [3.63, 3.8) is 0 Å². The molecule has 0 spiro atoms. The van der Waals surface area contributed by atoms with E-state index in [0.717, 1.165) is 29.9 Å². The van der Waals surface area contributed by atoms with Gasteiger partial charge in [-0.2, -0.15) is 0 Å². The minimum atomic E-state index is -0.172. The Labute approximate surface area is 189 Å². The molecule has 0 saturated carbocycles. The molecule has 0 unspecified atom stereocenters. The van der Waals surface area contributed by atoms with Crippen molar-refractivity contribution in [2.75, 3.05) is 33.9 Å². The predicted molar refractivity (Wildman–Crippen MR) is 123 cm³/mol. The number of benzene rings is 1. The Hall–Kier alpha value is -2.25. The average molecular weight is 449 g/mol. The highest BCUT2D eigenvalue weighted by atomic mass is 35.5. The van der Waals surface area contributed by atoms with Crippen molar-refractivity contribution in [3.05, 3.63) is 46.6 Å². The second kappa shape index (κ2) is 9.92. The largest absolute Gasteiger partial charge is 0.496 e. The summed E-state index contributed by atoms with van der Waals surface area (Å²) in [4.78, 5) is 8.74. The van der Waals surface area contributed by atoms with E-state index in [4.69, 9.17) is 25.5 Å². The molecule has 0 aliphatic carbocycles. The van der Waals surface area contributed by atoms with Crippen LogP contribution in [-0.2, 0) is 22.1 Å². The number of hydrogen-bond donors (Lipinski definition) is 2. The molecule has 1 aromatic heterocycles. The first-order valence-corrected chi connectivity index (χ1v) is 11.0. The van der Waals surface area contributed by atoms with Gasteiger partial charge in [-0.1, -0.05) is 32.4 Å². The molecular formula is C23H33ClN4O3. The van der Waals surface area contributed by atoms with E-state index in [1.807, 2.05) is 18.2 Å². The number of hydrogen-bond acceptors (Lipinski definition) is 5. The third kappa shape index (κ3) is 5.71. The number of aliphatic imine (C=N–C) groups is 1. The van der Waals surface area contributed by atoms with Crippen LogP contribution in [0.5, 0.6) is 5.75 Å². The molecule has 7 nitrogen and oxygen atoms in total. The molecule has 3 rings (SSSR count). The zero-order chi connectivity index (χ0) is 22.5. The van der Waals surface area contributed by atoms with Gasteiger partial charge in [-0.15, -0.1) is 0 Å². The summed E-state index contributed by atoms with van der Waals surface area (Å²) in [5.74, 6) is 3.01. The van der Waals surface area contributed by atoms with E-state index >= 15 is 0 Å². The number of aromatic nitrogens is 1. The number of rotatable bonds is 6. The van der Waals surface area contributed by atoms with Crippen LogP contribution >= 0.6 is 11.6 Å². The molecule has 170 valence electrons. The fraction of sp³-hybridized carbons (Fsp3) is 0.565. The van der Waals surface area contributed by atoms with E-state index in [2.05, 4.69) is 41.4 Å². The van der Waals surface area contributed by atoms with Crippen LogP contribution in [0.3, 0.4) is 0 Å². The van der Waals surface area contributed by atoms with Crippen molar-refractivity contribution in [2.24, 2.45) is 4.99 Å². The Bertz CT molecular complexity index is 898. The Kier molecular flexibility index (Phi) is 7.49. The molecule has 2 heterocycles. The highest BCUT2D eigenvalue weighted by Crippen LogP contribution is 2.40. The summed E-state index contributed by atoms with van der Waals surface area (Å²) >= 11 is 6.34. The first-order valence-electron chi connectivity index (χ1n) is 10.6. The van der Waals surface area contributed by atoms with Crippen LogP contribution in [0, 0.1) is 0 Å². The molecule has 1 fully saturated rings. The lowest BCUT2D eigenvalue weighted by atomic mass is 9.73. The van der Waals surface area contributed by atoms with E-state index in [1.165, 1.54) is 0 Å². The molecule has 8 heteroatoms. The summed E-state index contributed by atoms with van der Waals surface area (Å²) in [6, 6.07) is 5.79. The third-order valence-corrected chi connectivity index (χ3v) is 5.94. The van der Waals surface area contributed by atoms with Crippen LogP contribution in [-0.4, -0.2) is 44.9 Å². The van der Waals surface area contributed by atoms with Crippen LogP contribution in [0.4, 0.5) is 0 Å². The predicted octanol–water partition coefficient (Wildman–Crippen LogP) is 4.05. The maximum Gasteiger partial charge on any atom is 0.213 e. The quantitative estimate of drug-likeness (QED) is 0.512. The number of halogens is 1. The fourth-order valence-corrected chi connectivity index (χ4v) is 3.94. The maximum atomic E-state index is 6.34. The number of oxazole rings is 1. The molecule has 1 aliphatic heterocycles. The number of methoxy groups -OCH3 is 1. The standard InChI is InChI=1S/C23H33ClN4O3/c1-22(2,3)19-13-26-20(31-19)14-27-21(25-4)28-15-23(8-10-30-11-9-23)17-12-16(24)6-7-18(17)29-5/h6-7,12-13H,8-11,14-15H2,1-5H3,(H2,25,27,28). The van der Waals surface area contributed by atoms with Gasteiger partial charge < -0.3 is 24.5 Å². The summed E-state index contributed by atoms with van der Waals surface area (Å²) in [7, 11) is 3.44. The van der Waals surface area contributed by atoms with E-state index in [9.17, 15) is 0 Å². The Morgan fingerprint density at radius 2 is 2.00 bits per heavy atom. The second-order valence-corrected chi connectivity index (χ2v) is 9.32. The van der Waals surface area contributed by atoms with Crippen LogP contribution in [0.25, 0.3) is 0 Å². The summed E-state index contributed by atoms with van der Waals surface area (Å²) in [5, 5.41) is 7.46. The summed E-state index contributed by atoms with van der Waals surface area (Å²) in [6.07, 6.45) is 3.51. The lowest BCUT2D eigenvalue weighted by Crippen LogP contribution is -2.48. The van der Waals surface area contributed by atoms with Crippen molar-refractivity contribution in [3.8, 4) is 5.75 Å². The topological polar surface area (TPSA) is 80.9 Å². The molecular weight excluding hydrogens is 416 g/mol. The summed E-state index contributed by atoms with van der Waals surface area (Å²) in [5.41, 5.74) is 0.849. The minimum Gasteiger partial charge on any atom is -0.496 e. The van der Waals surface area contributed by atoms with E-state index < -0.39 is 0 Å². The van der Waals surface area contributed by atoms with E-state index in [0.29, 0.717) is 43.2 Å². The van der Waals surface area contributed by atoms with Crippen LogP contribution < -0.4 is 15.4 Å². The molecule has 0 amide bonds. The monoisotopic (exact) mass is 448 g/mol. The molecule has 0 radical (unpaired) electrons. The first kappa shape index (κ1) is 23.4. The van der Waals surface area contributed by atoms with Gasteiger partial charge in [0, 0.05) is 48.2 Å². The SMILES string of the molecule is CN=C(NCc1ncc(C(C)(C)C)o1)NCC1(c2cc(Cl)ccc2OC)CCOCC1. The van der Waals surface area contributed by atoms with Gasteiger partial charge in [0.05, 0.1) is 19.9 Å².